The molecule has 2 N–H and O–H groups in total. The normalized spacial score (nSPS) is 15.1. The van der Waals surface area contributed by atoms with Gasteiger partial charge in [0.25, 0.3) is 5.91 Å². The summed E-state index contributed by atoms with van der Waals surface area (Å²) < 4.78 is 5.41. The zero-order valence-electron chi connectivity index (χ0n) is 21.8. The molecule has 2 unspecified atom stereocenters. The van der Waals surface area contributed by atoms with Gasteiger partial charge in [0, 0.05) is 6.04 Å². The number of hydrogen-bond donors (Lipinski definition) is 2. The second kappa shape index (κ2) is 11.3. The van der Waals surface area contributed by atoms with Crippen molar-refractivity contribution in [2.45, 2.75) is 78.1 Å². The Morgan fingerprint density at radius 3 is 2.19 bits per heavy atom. The Morgan fingerprint density at radius 2 is 1.67 bits per heavy atom. The average molecular weight is 514 g/mol. The van der Waals surface area contributed by atoms with E-state index in [2.05, 4.69) is 10.6 Å². The van der Waals surface area contributed by atoms with Crippen LogP contribution in [0.25, 0.3) is 0 Å². The molecular weight excluding hydrogens is 478 g/mol. The van der Waals surface area contributed by atoms with Crippen molar-refractivity contribution in [2.75, 3.05) is 5.32 Å². The minimum atomic E-state index is -0.899. The molecule has 0 aromatic heterocycles. The molecule has 7 nitrogen and oxygen atoms in total. The summed E-state index contributed by atoms with van der Waals surface area (Å²) in [5, 5.41) is 6.12. The Morgan fingerprint density at radius 1 is 1.03 bits per heavy atom. The number of nitrogens with zero attached hydrogens (tertiary/aromatic N) is 1. The SMILES string of the molecule is Cc1cccc(Cl)c1NC(=O)C(c1ccccc1)N(C(=O)C(NC(=O)OC(C)(C)C)C(C)C)C1CC1. The summed E-state index contributed by atoms with van der Waals surface area (Å²) in [4.78, 5) is 42.0. The molecule has 0 bridgehead atoms. The number of rotatable bonds is 8. The minimum Gasteiger partial charge on any atom is -0.444 e. The smallest absolute Gasteiger partial charge is 0.408 e. The molecule has 0 aliphatic heterocycles. The lowest BCUT2D eigenvalue weighted by atomic mass is 9.98. The maximum absolute atomic E-state index is 14.0. The largest absolute Gasteiger partial charge is 0.444 e. The quantitative estimate of drug-likeness (QED) is 0.462. The summed E-state index contributed by atoms with van der Waals surface area (Å²) in [5.41, 5.74) is 1.31. The molecule has 3 rings (SSSR count). The summed E-state index contributed by atoms with van der Waals surface area (Å²) in [6, 6.07) is 12.7. The van der Waals surface area contributed by atoms with Crippen molar-refractivity contribution >= 4 is 35.2 Å². The molecule has 1 saturated carbocycles. The van der Waals surface area contributed by atoms with E-state index < -0.39 is 23.8 Å². The van der Waals surface area contributed by atoms with E-state index in [4.69, 9.17) is 16.3 Å². The third-order valence-corrected chi connectivity index (χ3v) is 6.23. The Balaban J connectivity index is 1.98. The predicted molar refractivity (Wildman–Crippen MR) is 142 cm³/mol. The van der Waals surface area contributed by atoms with Crippen LogP contribution in [-0.4, -0.2) is 40.5 Å². The number of carbonyl (C=O) groups is 3. The van der Waals surface area contributed by atoms with Gasteiger partial charge in [-0.15, -0.1) is 0 Å². The first kappa shape index (κ1) is 27.5. The second-order valence-electron chi connectivity index (χ2n) is 10.6. The van der Waals surface area contributed by atoms with Crippen molar-refractivity contribution in [1.82, 2.24) is 10.2 Å². The number of carbonyl (C=O) groups excluding carboxylic acids is 3. The van der Waals surface area contributed by atoms with E-state index in [0.717, 1.165) is 18.4 Å². The van der Waals surface area contributed by atoms with Crippen molar-refractivity contribution in [3.8, 4) is 0 Å². The fourth-order valence-corrected chi connectivity index (χ4v) is 4.30. The van der Waals surface area contributed by atoms with Crippen LogP contribution in [-0.2, 0) is 14.3 Å². The van der Waals surface area contributed by atoms with Crippen molar-refractivity contribution in [1.29, 1.82) is 0 Å². The van der Waals surface area contributed by atoms with Gasteiger partial charge in [0.05, 0.1) is 10.7 Å². The van der Waals surface area contributed by atoms with Crippen molar-refractivity contribution < 1.29 is 19.1 Å². The van der Waals surface area contributed by atoms with Gasteiger partial charge >= 0.3 is 6.09 Å². The van der Waals surface area contributed by atoms with E-state index in [1.807, 2.05) is 63.2 Å². The molecule has 0 saturated heterocycles. The summed E-state index contributed by atoms with van der Waals surface area (Å²) >= 11 is 6.39. The van der Waals surface area contributed by atoms with Gasteiger partial charge in [-0.1, -0.05) is 67.9 Å². The van der Waals surface area contributed by atoms with Gasteiger partial charge in [-0.25, -0.2) is 4.79 Å². The van der Waals surface area contributed by atoms with Crippen LogP contribution in [0.1, 0.15) is 64.6 Å². The molecule has 8 heteroatoms. The number of amides is 3. The van der Waals surface area contributed by atoms with Gasteiger partial charge in [-0.3, -0.25) is 9.59 Å². The number of nitrogens with one attached hydrogen (secondary N) is 2. The zero-order valence-corrected chi connectivity index (χ0v) is 22.6. The Hall–Kier alpha value is -3.06. The maximum Gasteiger partial charge on any atom is 0.408 e. The predicted octanol–water partition coefficient (Wildman–Crippen LogP) is 5.87. The highest BCUT2D eigenvalue weighted by atomic mass is 35.5. The number of aryl methyl sites for hydroxylation is 1. The number of para-hydroxylation sites is 1. The standard InChI is InChI=1S/C28H36ClN3O4/c1-17(2)22(31-27(35)36-28(4,5)6)26(34)32(20-15-16-20)24(19-12-8-7-9-13-19)25(33)30-23-18(3)11-10-14-21(23)29/h7-14,17,20,22,24H,15-16H2,1-6H3,(H,30,33)(H,31,35). The van der Waals surface area contributed by atoms with Crippen molar-refractivity contribution in [3.63, 3.8) is 0 Å². The van der Waals surface area contributed by atoms with Gasteiger partial charge in [-0.2, -0.15) is 0 Å². The van der Waals surface area contributed by atoms with Crippen LogP contribution in [0, 0.1) is 12.8 Å². The highest BCUT2D eigenvalue weighted by Gasteiger charge is 2.44. The van der Waals surface area contributed by atoms with Gasteiger partial charge in [0.1, 0.15) is 17.7 Å². The number of ether oxygens (including phenoxy) is 1. The molecule has 194 valence electrons. The third-order valence-electron chi connectivity index (χ3n) is 5.91. The number of alkyl carbamates (subject to hydrolysis) is 1. The maximum atomic E-state index is 14.0. The van der Waals surface area contributed by atoms with Gasteiger partial charge < -0.3 is 20.3 Å². The average Bonchev–Trinajstić information content (AvgIpc) is 3.62. The monoisotopic (exact) mass is 513 g/mol. The highest BCUT2D eigenvalue weighted by molar-refractivity contribution is 6.34. The van der Waals surface area contributed by atoms with Crippen LogP contribution in [0.4, 0.5) is 10.5 Å². The molecule has 0 heterocycles. The van der Waals surface area contributed by atoms with Crippen LogP contribution < -0.4 is 10.6 Å². The lowest BCUT2D eigenvalue weighted by Crippen LogP contribution is -2.55. The molecule has 1 aliphatic rings. The number of hydrogen-bond acceptors (Lipinski definition) is 4. The Kier molecular flexibility index (Phi) is 8.67. The summed E-state index contributed by atoms with van der Waals surface area (Å²) in [6.45, 7) is 10.9. The first-order valence-corrected chi connectivity index (χ1v) is 12.7. The van der Waals surface area contributed by atoms with E-state index in [1.54, 1.807) is 31.7 Å². The summed E-state index contributed by atoms with van der Waals surface area (Å²) in [5.74, 6) is -0.910. The summed E-state index contributed by atoms with van der Waals surface area (Å²) in [6.07, 6.45) is 0.896. The zero-order chi connectivity index (χ0) is 26.6. The molecule has 3 amide bonds. The highest BCUT2D eigenvalue weighted by Crippen LogP contribution is 2.37. The number of benzene rings is 2. The van der Waals surface area contributed by atoms with Crippen LogP contribution in [0.15, 0.2) is 48.5 Å². The van der Waals surface area contributed by atoms with Crippen LogP contribution in [0.2, 0.25) is 5.02 Å². The molecule has 2 aromatic carbocycles. The first-order chi connectivity index (χ1) is 16.9. The topological polar surface area (TPSA) is 87.7 Å². The minimum absolute atomic E-state index is 0.109. The van der Waals surface area contributed by atoms with Crippen LogP contribution in [0.5, 0.6) is 0 Å². The van der Waals surface area contributed by atoms with Crippen LogP contribution >= 0.6 is 11.6 Å². The molecule has 0 radical (unpaired) electrons. The molecule has 2 aromatic rings. The lowest BCUT2D eigenvalue weighted by molar-refractivity contribution is -0.142. The molecule has 1 fully saturated rings. The number of anilines is 1. The van der Waals surface area contributed by atoms with Gasteiger partial charge in [-0.05, 0) is 63.6 Å². The molecule has 2 atom stereocenters. The second-order valence-corrected chi connectivity index (χ2v) is 11.0. The number of halogens is 1. The van der Waals surface area contributed by atoms with E-state index >= 15 is 0 Å². The lowest BCUT2D eigenvalue weighted by Gasteiger charge is -2.36. The van der Waals surface area contributed by atoms with Crippen molar-refractivity contribution in [3.05, 3.63) is 64.7 Å². The Labute approximate surface area is 218 Å². The van der Waals surface area contributed by atoms with E-state index in [9.17, 15) is 14.4 Å². The summed E-state index contributed by atoms with van der Waals surface area (Å²) in [7, 11) is 0. The fourth-order valence-electron chi connectivity index (χ4n) is 4.03. The molecular formula is C28H36ClN3O4. The van der Waals surface area contributed by atoms with Crippen LogP contribution in [0.3, 0.4) is 0 Å². The molecule has 1 aliphatic carbocycles. The third kappa shape index (κ3) is 7.00. The van der Waals surface area contributed by atoms with E-state index in [0.29, 0.717) is 16.3 Å². The first-order valence-electron chi connectivity index (χ1n) is 12.3. The Bertz CT molecular complexity index is 1070. The fraction of sp³-hybridized carbons (Fsp3) is 0.464. The molecule has 0 spiro atoms. The van der Waals surface area contributed by atoms with Gasteiger partial charge in [0.15, 0.2) is 0 Å². The molecule has 36 heavy (non-hydrogen) atoms. The van der Waals surface area contributed by atoms with Crippen molar-refractivity contribution in [2.24, 2.45) is 5.92 Å². The van der Waals surface area contributed by atoms with Gasteiger partial charge in [0.2, 0.25) is 5.91 Å². The van der Waals surface area contributed by atoms with E-state index in [1.165, 1.54) is 0 Å². The van der Waals surface area contributed by atoms with E-state index in [-0.39, 0.29) is 23.8 Å².